The Morgan fingerprint density at radius 2 is 1.83 bits per heavy atom. The Balaban J connectivity index is 1.13. The van der Waals surface area contributed by atoms with Gasteiger partial charge in [-0.1, -0.05) is 6.07 Å². The highest BCUT2D eigenvalue weighted by Gasteiger charge is 2.28. The summed E-state index contributed by atoms with van der Waals surface area (Å²) in [5, 5.41) is 13.7. The highest BCUT2D eigenvalue weighted by molar-refractivity contribution is 5.94. The number of nitrogens with one attached hydrogen (secondary N) is 1. The van der Waals surface area contributed by atoms with Gasteiger partial charge in [0.1, 0.15) is 12.4 Å². The molecule has 2 aromatic carbocycles. The van der Waals surface area contributed by atoms with E-state index in [1.165, 1.54) is 0 Å². The molecule has 2 fully saturated rings. The van der Waals surface area contributed by atoms with Crippen molar-refractivity contribution in [1.29, 1.82) is 0 Å². The summed E-state index contributed by atoms with van der Waals surface area (Å²) in [6, 6.07) is 12.8. The normalized spacial score (nSPS) is 22.7. The Morgan fingerprint density at radius 1 is 1.03 bits per heavy atom. The highest BCUT2D eigenvalue weighted by Crippen LogP contribution is 2.33. The van der Waals surface area contributed by atoms with Crippen molar-refractivity contribution >= 4 is 5.91 Å². The summed E-state index contributed by atoms with van der Waals surface area (Å²) >= 11 is 0. The Kier molecular flexibility index (Phi) is 8.22. The first-order chi connectivity index (χ1) is 17.6. The van der Waals surface area contributed by atoms with Crippen LogP contribution in [0.3, 0.4) is 0 Å². The first kappa shape index (κ1) is 24.8. The number of nitrogens with zero attached hydrogens (tertiary/aromatic N) is 2. The molecule has 36 heavy (non-hydrogen) atoms. The SMILES string of the molecule is O=C(NC1CN(Cc2ccc3c(c2)OCO3)CCCC1O)c1ccc(OCCN2CCOCC2)cc1. The zero-order valence-corrected chi connectivity index (χ0v) is 20.6. The summed E-state index contributed by atoms with van der Waals surface area (Å²) in [4.78, 5) is 17.6. The van der Waals surface area contributed by atoms with Gasteiger partial charge in [0.2, 0.25) is 6.79 Å². The van der Waals surface area contributed by atoms with Crippen LogP contribution in [0.5, 0.6) is 17.2 Å². The number of carbonyl (C=O) groups excluding carboxylic acids is 1. The lowest BCUT2D eigenvalue weighted by Gasteiger charge is -2.27. The maximum absolute atomic E-state index is 13.0. The summed E-state index contributed by atoms with van der Waals surface area (Å²) < 4.78 is 22.1. The number of fused-ring (bicyclic) bond motifs is 1. The largest absolute Gasteiger partial charge is 0.492 e. The van der Waals surface area contributed by atoms with Gasteiger partial charge >= 0.3 is 0 Å². The average molecular weight is 498 g/mol. The second-order valence-electron chi connectivity index (χ2n) is 9.54. The van der Waals surface area contributed by atoms with Crippen LogP contribution in [-0.4, -0.2) is 92.3 Å². The van der Waals surface area contributed by atoms with Crippen molar-refractivity contribution in [2.45, 2.75) is 31.5 Å². The molecule has 5 rings (SSSR count). The molecule has 3 aliphatic rings. The van der Waals surface area contributed by atoms with E-state index in [1.54, 1.807) is 12.1 Å². The Bertz CT molecular complexity index is 1010. The topological polar surface area (TPSA) is 92.7 Å². The van der Waals surface area contributed by atoms with Crippen molar-refractivity contribution in [3.05, 3.63) is 53.6 Å². The van der Waals surface area contributed by atoms with E-state index in [4.69, 9.17) is 18.9 Å². The van der Waals surface area contributed by atoms with Crippen LogP contribution >= 0.6 is 0 Å². The zero-order valence-electron chi connectivity index (χ0n) is 20.6. The van der Waals surface area contributed by atoms with Gasteiger partial charge in [0, 0.05) is 38.3 Å². The molecule has 0 aromatic heterocycles. The van der Waals surface area contributed by atoms with Gasteiger partial charge in [-0.15, -0.1) is 0 Å². The Labute approximate surface area is 211 Å². The minimum Gasteiger partial charge on any atom is -0.492 e. The number of aliphatic hydroxyl groups is 1. The summed E-state index contributed by atoms with van der Waals surface area (Å²) in [5.41, 5.74) is 1.67. The molecule has 2 unspecified atom stereocenters. The third-order valence-corrected chi connectivity index (χ3v) is 6.95. The number of aliphatic hydroxyl groups excluding tert-OH is 1. The summed E-state index contributed by atoms with van der Waals surface area (Å²) in [5.74, 6) is 2.08. The summed E-state index contributed by atoms with van der Waals surface area (Å²) in [6.07, 6.45) is 0.936. The minimum atomic E-state index is -0.585. The molecule has 3 heterocycles. The van der Waals surface area contributed by atoms with Crippen molar-refractivity contribution in [1.82, 2.24) is 15.1 Å². The van der Waals surface area contributed by atoms with Gasteiger partial charge in [-0.25, -0.2) is 0 Å². The molecule has 0 aliphatic carbocycles. The lowest BCUT2D eigenvalue weighted by molar-refractivity contribution is 0.0322. The second kappa shape index (κ2) is 11.9. The van der Waals surface area contributed by atoms with Gasteiger partial charge in [-0.3, -0.25) is 14.6 Å². The molecule has 2 saturated heterocycles. The molecule has 0 saturated carbocycles. The molecule has 194 valence electrons. The molecule has 0 radical (unpaired) electrons. The van der Waals surface area contributed by atoms with Crippen LogP contribution in [0.15, 0.2) is 42.5 Å². The van der Waals surface area contributed by atoms with E-state index in [-0.39, 0.29) is 18.7 Å². The number of amides is 1. The first-order valence-corrected chi connectivity index (χ1v) is 12.8. The number of benzene rings is 2. The van der Waals surface area contributed by atoms with Crippen molar-refractivity contribution in [2.24, 2.45) is 0 Å². The number of hydrogen-bond acceptors (Lipinski definition) is 8. The maximum Gasteiger partial charge on any atom is 0.251 e. The van der Waals surface area contributed by atoms with E-state index in [0.29, 0.717) is 31.7 Å². The van der Waals surface area contributed by atoms with E-state index in [2.05, 4.69) is 15.1 Å². The van der Waals surface area contributed by atoms with E-state index >= 15 is 0 Å². The fourth-order valence-electron chi connectivity index (χ4n) is 4.87. The van der Waals surface area contributed by atoms with Crippen LogP contribution in [0.2, 0.25) is 0 Å². The molecule has 2 atom stereocenters. The van der Waals surface area contributed by atoms with Gasteiger partial charge in [0.05, 0.1) is 25.4 Å². The van der Waals surface area contributed by atoms with Crippen LogP contribution in [-0.2, 0) is 11.3 Å². The highest BCUT2D eigenvalue weighted by atomic mass is 16.7. The average Bonchev–Trinajstić information content (AvgIpc) is 3.30. The quantitative estimate of drug-likeness (QED) is 0.571. The number of ether oxygens (including phenoxy) is 4. The van der Waals surface area contributed by atoms with E-state index in [1.807, 2.05) is 30.3 Å². The third kappa shape index (κ3) is 6.47. The molecule has 0 spiro atoms. The number of hydrogen-bond donors (Lipinski definition) is 2. The predicted octanol–water partition coefficient (Wildman–Crippen LogP) is 1.88. The van der Waals surface area contributed by atoms with Crippen LogP contribution < -0.4 is 19.5 Å². The van der Waals surface area contributed by atoms with Gasteiger partial charge in [-0.05, 0) is 61.3 Å². The third-order valence-electron chi connectivity index (χ3n) is 6.95. The van der Waals surface area contributed by atoms with Crippen LogP contribution in [0, 0.1) is 0 Å². The fourth-order valence-corrected chi connectivity index (χ4v) is 4.87. The second-order valence-corrected chi connectivity index (χ2v) is 9.54. The lowest BCUT2D eigenvalue weighted by Crippen LogP contribution is -2.48. The molecule has 9 heteroatoms. The molecule has 1 amide bonds. The molecule has 2 N–H and O–H groups in total. The van der Waals surface area contributed by atoms with Crippen molar-refractivity contribution < 1.29 is 28.8 Å². The van der Waals surface area contributed by atoms with Gasteiger partial charge < -0.3 is 29.4 Å². The van der Waals surface area contributed by atoms with Crippen molar-refractivity contribution in [3.63, 3.8) is 0 Å². The number of likely N-dealkylation sites (tertiary alicyclic amines) is 1. The number of morpholine rings is 1. The smallest absolute Gasteiger partial charge is 0.251 e. The van der Waals surface area contributed by atoms with Gasteiger partial charge in [-0.2, -0.15) is 0 Å². The Hall–Kier alpha value is -2.85. The van der Waals surface area contributed by atoms with Crippen molar-refractivity contribution in [2.75, 3.05) is 59.3 Å². The van der Waals surface area contributed by atoms with Crippen LogP contribution in [0.4, 0.5) is 0 Å². The number of rotatable bonds is 8. The Morgan fingerprint density at radius 3 is 2.67 bits per heavy atom. The maximum atomic E-state index is 13.0. The summed E-state index contributed by atoms with van der Waals surface area (Å²) in [6.45, 7) is 7.26. The molecule has 0 bridgehead atoms. The van der Waals surface area contributed by atoms with E-state index in [0.717, 1.165) is 68.6 Å². The zero-order chi connectivity index (χ0) is 24.7. The predicted molar refractivity (Wildman–Crippen MR) is 134 cm³/mol. The van der Waals surface area contributed by atoms with Crippen LogP contribution in [0.25, 0.3) is 0 Å². The van der Waals surface area contributed by atoms with Gasteiger partial charge in [0.25, 0.3) is 5.91 Å². The summed E-state index contributed by atoms with van der Waals surface area (Å²) in [7, 11) is 0. The lowest BCUT2D eigenvalue weighted by atomic mass is 10.1. The monoisotopic (exact) mass is 497 g/mol. The molecule has 9 nitrogen and oxygen atoms in total. The molecule has 2 aromatic rings. The first-order valence-electron chi connectivity index (χ1n) is 12.8. The standard InChI is InChI=1S/C27H35N3O6/c31-24-2-1-9-30(17-20-3-8-25-26(16-20)36-19-35-25)18-23(24)28-27(32)21-4-6-22(7-5-21)34-15-12-29-10-13-33-14-11-29/h3-8,16,23-24,31H,1-2,9-15,17-19H2,(H,28,32). The van der Waals surface area contributed by atoms with E-state index in [9.17, 15) is 9.90 Å². The number of carbonyl (C=O) groups is 1. The molecular weight excluding hydrogens is 462 g/mol. The fraction of sp³-hybridized carbons (Fsp3) is 0.519. The minimum absolute atomic E-state index is 0.191. The molecular formula is C27H35N3O6. The van der Waals surface area contributed by atoms with Crippen LogP contribution in [0.1, 0.15) is 28.8 Å². The molecule has 3 aliphatic heterocycles. The van der Waals surface area contributed by atoms with E-state index < -0.39 is 6.10 Å². The van der Waals surface area contributed by atoms with Gasteiger partial charge in [0.15, 0.2) is 11.5 Å². The van der Waals surface area contributed by atoms with Crippen molar-refractivity contribution in [3.8, 4) is 17.2 Å².